The van der Waals surface area contributed by atoms with Gasteiger partial charge in [-0.05, 0) is 69.3 Å². The van der Waals surface area contributed by atoms with Gasteiger partial charge in [0.05, 0.1) is 0 Å². The predicted octanol–water partition coefficient (Wildman–Crippen LogP) is 3.26. The fourth-order valence-corrected chi connectivity index (χ4v) is 4.19. The fraction of sp³-hybridized carbons (Fsp3) is 0.652. The third-order valence-corrected chi connectivity index (χ3v) is 6.09. The van der Waals surface area contributed by atoms with E-state index in [0.29, 0.717) is 6.42 Å². The third kappa shape index (κ3) is 7.41. The van der Waals surface area contributed by atoms with Crippen molar-refractivity contribution in [3.8, 4) is 0 Å². The Bertz CT molecular complexity index is 688. The van der Waals surface area contributed by atoms with Crippen molar-refractivity contribution in [3.05, 3.63) is 29.8 Å². The molecule has 0 spiro atoms. The Morgan fingerprint density at radius 1 is 1.10 bits per heavy atom. The van der Waals surface area contributed by atoms with E-state index in [1.54, 1.807) is 7.05 Å². The van der Waals surface area contributed by atoms with Crippen LogP contribution >= 0.6 is 24.0 Å². The second kappa shape index (κ2) is 13.1. The zero-order valence-corrected chi connectivity index (χ0v) is 20.9. The Kier molecular flexibility index (Phi) is 10.9. The molecule has 2 heterocycles. The highest BCUT2D eigenvalue weighted by Crippen LogP contribution is 2.27. The van der Waals surface area contributed by atoms with Crippen molar-refractivity contribution in [2.24, 2.45) is 10.9 Å². The number of para-hydroxylation sites is 1. The first kappa shape index (κ1) is 24.9. The number of nitrogens with one attached hydrogen (secondary N) is 2. The van der Waals surface area contributed by atoms with E-state index in [4.69, 9.17) is 0 Å². The smallest absolute Gasteiger partial charge is 0.227 e. The van der Waals surface area contributed by atoms with Crippen molar-refractivity contribution in [2.45, 2.75) is 45.4 Å². The lowest BCUT2D eigenvalue weighted by Gasteiger charge is -2.30. The van der Waals surface area contributed by atoms with Crippen LogP contribution in [0.1, 0.15) is 44.6 Å². The highest BCUT2D eigenvalue weighted by Gasteiger charge is 2.23. The molecule has 0 aromatic heterocycles. The Morgan fingerprint density at radius 2 is 1.80 bits per heavy atom. The van der Waals surface area contributed by atoms with Crippen molar-refractivity contribution in [1.29, 1.82) is 0 Å². The summed E-state index contributed by atoms with van der Waals surface area (Å²) in [6.45, 7) is 8.48. The zero-order valence-electron chi connectivity index (χ0n) is 18.5. The number of carbonyl (C=O) groups is 1. The van der Waals surface area contributed by atoms with E-state index in [0.717, 1.165) is 63.0 Å². The summed E-state index contributed by atoms with van der Waals surface area (Å²) in [7, 11) is 1.80. The van der Waals surface area contributed by atoms with Crippen molar-refractivity contribution in [3.63, 3.8) is 0 Å². The Morgan fingerprint density at radius 3 is 2.53 bits per heavy atom. The number of likely N-dealkylation sites (tertiary alicyclic amines) is 1. The lowest BCUT2D eigenvalue weighted by Crippen LogP contribution is -2.40. The van der Waals surface area contributed by atoms with Crippen LogP contribution in [0, 0.1) is 5.92 Å². The SMILES string of the molecule is CN=C(NCCCC(=O)N1CCc2ccccc21)NCCCN1CCC(C)CC1.I. The molecule has 168 valence electrons. The first-order valence-corrected chi connectivity index (χ1v) is 11.2. The molecule has 7 heteroatoms. The summed E-state index contributed by atoms with van der Waals surface area (Å²) >= 11 is 0. The van der Waals surface area contributed by atoms with E-state index in [-0.39, 0.29) is 29.9 Å². The molecule has 1 aromatic rings. The van der Waals surface area contributed by atoms with Crippen molar-refractivity contribution in [2.75, 3.05) is 51.2 Å². The molecule has 1 aromatic carbocycles. The molecule has 1 saturated heterocycles. The van der Waals surface area contributed by atoms with Crippen LogP contribution in [0.3, 0.4) is 0 Å². The first-order chi connectivity index (χ1) is 14.2. The van der Waals surface area contributed by atoms with Crippen molar-refractivity contribution in [1.82, 2.24) is 15.5 Å². The van der Waals surface area contributed by atoms with E-state index in [9.17, 15) is 4.79 Å². The monoisotopic (exact) mass is 527 g/mol. The molecule has 0 radical (unpaired) electrons. The number of nitrogens with zero attached hydrogens (tertiary/aromatic N) is 3. The number of halogens is 1. The summed E-state index contributed by atoms with van der Waals surface area (Å²) in [5.41, 5.74) is 2.37. The Balaban J connectivity index is 0.00000320. The molecule has 2 aliphatic heterocycles. The van der Waals surface area contributed by atoms with Crippen molar-refractivity contribution < 1.29 is 4.79 Å². The number of benzene rings is 1. The molecule has 0 bridgehead atoms. The molecular formula is C23H38IN5O. The van der Waals surface area contributed by atoms with Gasteiger partial charge in [-0.25, -0.2) is 0 Å². The summed E-state index contributed by atoms with van der Waals surface area (Å²) in [4.78, 5) is 21.3. The quantitative estimate of drug-likeness (QED) is 0.236. The molecule has 30 heavy (non-hydrogen) atoms. The lowest BCUT2D eigenvalue weighted by atomic mass is 9.99. The van der Waals surface area contributed by atoms with Crippen LogP contribution in [0.2, 0.25) is 0 Å². The normalized spacial score (nSPS) is 17.4. The molecule has 2 aliphatic rings. The maximum absolute atomic E-state index is 12.6. The van der Waals surface area contributed by atoms with Gasteiger partial charge in [-0.2, -0.15) is 0 Å². The standard InChI is InChI=1S/C23H37N5O.HI/c1-19-10-16-27(17-11-19)15-6-14-26-23(24-2)25-13-5-9-22(29)28-18-12-20-7-3-4-8-21(20)28;/h3-4,7-8,19H,5-6,9-18H2,1-2H3,(H2,24,25,26);1H. The van der Waals surface area contributed by atoms with Crippen LogP contribution in [0.5, 0.6) is 0 Å². The number of hydrogen-bond donors (Lipinski definition) is 2. The van der Waals surface area contributed by atoms with Gasteiger partial charge < -0.3 is 20.4 Å². The van der Waals surface area contributed by atoms with E-state index >= 15 is 0 Å². The summed E-state index contributed by atoms with van der Waals surface area (Å²) in [5.74, 6) is 1.94. The van der Waals surface area contributed by atoms with Crippen LogP contribution in [-0.4, -0.2) is 63.1 Å². The predicted molar refractivity (Wildman–Crippen MR) is 136 cm³/mol. The van der Waals surface area contributed by atoms with Gasteiger partial charge in [0.2, 0.25) is 5.91 Å². The molecule has 0 aliphatic carbocycles. The van der Waals surface area contributed by atoms with Gasteiger partial charge in [-0.1, -0.05) is 25.1 Å². The Labute approximate surface area is 198 Å². The second-order valence-electron chi connectivity index (χ2n) is 8.33. The minimum absolute atomic E-state index is 0. The van der Waals surface area contributed by atoms with Crippen LogP contribution in [0.4, 0.5) is 5.69 Å². The minimum Gasteiger partial charge on any atom is -0.356 e. The highest BCUT2D eigenvalue weighted by atomic mass is 127. The average molecular weight is 527 g/mol. The molecule has 0 atom stereocenters. The highest BCUT2D eigenvalue weighted by molar-refractivity contribution is 14.0. The van der Waals surface area contributed by atoms with E-state index < -0.39 is 0 Å². The average Bonchev–Trinajstić information content (AvgIpc) is 3.18. The fourth-order valence-electron chi connectivity index (χ4n) is 4.19. The van der Waals surface area contributed by atoms with Gasteiger partial charge >= 0.3 is 0 Å². The largest absolute Gasteiger partial charge is 0.356 e. The minimum atomic E-state index is 0. The summed E-state index contributed by atoms with van der Waals surface area (Å²) in [5, 5.41) is 6.72. The number of anilines is 1. The van der Waals surface area contributed by atoms with E-state index in [1.165, 1.54) is 31.5 Å². The van der Waals surface area contributed by atoms with Crippen LogP contribution in [-0.2, 0) is 11.2 Å². The molecule has 3 rings (SSSR count). The van der Waals surface area contributed by atoms with Crippen molar-refractivity contribution >= 4 is 41.5 Å². The summed E-state index contributed by atoms with van der Waals surface area (Å²) < 4.78 is 0. The molecule has 0 unspecified atom stereocenters. The number of guanidine groups is 1. The number of rotatable bonds is 8. The maximum Gasteiger partial charge on any atom is 0.227 e. The summed E-state index contributed by atoms with van der Waals surface area (Å²) in [6.07, 6.45) is 6.13. The first-order valence-electron chi connectivity index (χ1n) is 11.2. The van der Waals surface area contributed by atoms with E-state index in [2.05, 4.69) is 39.6 Å². The number of carbonyl (C=O) groups excluding carboxylic acids is 1. The molecule has 1 amide bonds. The zero-order chi connectivity index (χ0) is 20.5. The lowest BCUT2D eigenvalue weighted by molar-refractivity contribution is -0.118. The van der Waals surface area contributed by atoms with Gasteiger partial charge in [0.1, 0.15) is 0 Å². The Hall–Kier alpha value is -1.35. The number of piperidine rings is 1. The van der Waals surface area contributed by atoms with Gasteiger partial charge in [0, 0.05) is 38.8 Å². The third-order valence-electron chi connectivity index (χ3n) is 6.09. The summed E-state index contributed by atoms with van der Waals surface area (Å²) in [6, 6.07) is 8.22. The topological polar surface area (TPSA) is 60.0 Å². The van der Waals surface area contributed by atoms with Crippen LogP contribution in [0.15, 0.2) is 29.3 Å². The second-order valence-corrected chi connectivity index (χ2v) is 8.33. The number of aliphatic imine (C=N–C) groups is 1. The van der Waals surface area contributed by atoms with Crippen LogP contribution in [0.25, 0.3) is 0 Å². The number of hydrogen-bond acceptors (Lipinski definition) is 3. The molecule has 0 saturated carbocycles. The van der Waals surface area contributed by atoms with Gasteiger partial charge in [0.15, 0.2) is 5.96 Å². The maximum atomic E-state index is 12.6. The van der Waals surface area contributed by atoms with Crippen LogP contribution < -0.4 is 15.5 Å². The van der Waals surface area contributed by atoms with Gasteiger partial charge in [-0.3, -0.25) is 9.79 Å². The van der Waals surface area contributed by atoms with Gasteiger partial charge in [-0.15, -0.1) is 24.0 Å². The number of fused-ring (bicyclic) bond motifs is 1. The molecule has 6 nitrogen and oxygen atoms in total. The van der Waals surface area contributed by atoms with Gasteiger partial charge in [0.25, 0.3) is 0 Å². The number of amides is 1. The molecular weight excluding hydrogens is 489 g/mol. The van der Waals surface area contributed by atoms with E-state index in [1.807, 2.05) is 17.0 Å². The molecule has 1 fully saturated rings. The molecule has 2 N–H and O–H groups in total.